The third-order valence-corrected chi connectivity index (χ3v) is 3.32. The van der Waals surface area contributed by atoms with E-state index in [1.807, 2.05) is 13.8 Å². The molecule has 0 aliphatic rings. The molecule has 0 fully saturated rings. The Morgan fingerprint density at radius 3 is 2.50 bits per heavy atom. The van der Waals surface area contributed by atoms with Crippen LogP contribution in [0.5, 0.6) is 5.75 Å². The number of benzene rings is 1. The van der Waals surface area contributed by atoms with E-state index in [2.05, 4.69) is 0 Å². The van der Waals surface area contributed by atoms with Gasteiger partial charge in [0.25, 0.3) is 9.05 Å². The highest BCUT2D eigenvalue weighted by atomic mass is 35.7. The first-order valence-electron chi connectivity index (χ1n) is 4.67. The third kappa shape index (κ3) is 3.85. The second-order valence-electron chi connectivity index (χ2n) is 3.73. The van der Waals surface area contributed by atoms with Gasteiger partial charge >= 0.3 is 0 Å². The highest BCUT2D eigenvalue weighted by Crippen LogP contribution is 2.30. The molecular formula is C10H12Cl2O3S. The van der Waals surface area contributed by atoms with Crippen LogP contribution in [0.25, 0.3) is 0 Å². The molecule has 0 atom stereocenters. The minimum Gasteiger partial charge on any atom is -0.492 e. The molecule has 0 bridgehead atoms. The largest absolute Gasteiger partial charge is 0.492 e. The van der Waals surface area contributed by atoms with Crippen LogP contribution in [-0.2, 0) is 9.05 Å². The van der Waals surface area contributed by atoms with Crippen LogP contribution in [0, 0.1) is 5.92 Å². The van der Waals surface area contributed by atoms with E-state index in [9.17, 15) is 8.42 Å². The Kier molecular flexibility index (Phi) is 4.47. The molecule has 0 heterocycles. The fourth-order valence-corrected chi connectivity index (χ4v) is 2.28. The highest BCUT2D eigenvalue weighted by molar-refractivity contribution is 8.13. The lowest BCUT2D eigenvalue weighted by Gasteiger charge is -2.11. The first-order valence-corrected chi connectivity index (χ1v) is 7.36. The zero-order valence-electron chi connectivity index (χ0n) is 8.91. The Balaban J connectivity index is 3.09. The zero-order chi connectivity index (χ0) is 12.3. The fourth-order valence-electron chi connectivity index (χ4n) is 1.05. The van der Waals surface area contributed by atoms with Crippen molar-refractivity contribution < 1.29 is 13.2 Å². The monoisotopic (exact) mass is 282 g/mol. The van der Waals surface area contributed by atoms with E-state index >= 15 is 0 Å². The first-order chi connectivity index (χ1) is 7.30. The maximum absolute atomic E-state index is 11.3. The average Bonchev–Trinajstić information content (AvgIpc) is 2.14. The number of ether oxygens (including phenoxy) is 1. The van der Waals surface area contributed by atoms with Crippen LogP contribution in [0.3, 0.4) is 0 Å². The summed E-state index contributed by atoms with van der Waals surface area (Å²) in [7, 11) is 1.44. The van der Waals surface area contributed by atoms with Crippen LogP contribution in [0.1, 0.15) is 13.8 Å². The normalized spacial score (nSPS) is 11.8. The van der Waals surface area contributed by atoms with Crippen molar-refractivity contribution in [2.24, 2.45) is 5.92 Å². The molecule has 0 amide bonds. The van der Waals surface area contributed by atoms with Gasteiger partial charge in [0.05, 0.1) is 6.61 Å². The lowest BCUT2D eigenvalue weighted by Crippen LogP contribution is -2.07. The van der Waals surface area contributed by atoms with Crippen molar-refractivity contribution >= 4 is 31.3 Å². The molecule has 0 N–H and O–H groups in total. The number of halogens is 2. The number of hydrogen-bond donors (Lipinski definition) is 0. The second-order valence-corrected chi connectivity index (χ2v) is 6.70. The Bertz CT molecular complexity index is 469. The summed E-state index contributed by atoms with van der Waals surface area (Å²) in [5, 5.41) is 0.302. The van der Waals surface area contributed by atoms with Crippen molar-refractivity contribution in [2.45, 2.75) is 18.7 Å². The average molecular weight is 283 g/mol. The second kappa shape index (κ2) is 5.25. The molecule has 1 rings (SSSR count). The van der Waals surface area contributed by atoms with Crippen LogP contribution in [0.2, 0.25) is 5.02 Å². The number of hydrogen-bond acceptors (Lipinski definition) is 3. The quantitative estimate of drug-likeness (QED) is 0.796. The van der Waals surface area contributed by atoms with Gasteiger partial charge in [-0.05, 0) is 24.1 Å². The Morgan fingerprint density at radius 2 is 2.00 bits per heavy atom. The summed E-state index contributed by atoms with van der Waals surface area (Å²) in [6, 6.07) is 4.34. The van der Waals surface area contributed by atoms with Gasteiger partial charge in [0.1, 0.15) is 10.6 Å². The molecule has 1 aromatic rings. The molecule has 90 valence electrons. The van der Waals surface area contributed by atoms with Gasteiger partial charge < -0.3 is 4.74 Å². The van der Waals surface area contributed by atoms with Crippen LogP contribution in [0.4, 0.5) is 0 Å². The van der Waals surface area contributed by atoms with Gasteiger partial charge in [-0.25, -0.2) is 8.42 Å². The van der Waals surface area contributed by atoms with Crippen molar-refractivity contribution in [3.63, 3.8) is 0 Å². The van der Waals surface area contributed by atoms with Crippen LogP contribution >= 0.6 is 22.3 Å². The predicted octanol–water partition coefficient (Wildman–Crippen LogP) is 3.30. The predicted molar refractivity (Wildman–Crippen MR) is 64.8 cm³/mol. The van der Waals surface area contributed by atoms with Gasteiger partial charge in [-0.1, -0.05) is 25.4 Å². The fraction of sp³-hybridized carbons (Fsp3) is 0.400. The van der Waals surface area contributed by atoms with Gasteiger partial charge in [0.15, 0.2) is 0 Å². The summed E-state index contributed by atoms with van der Waals surface area (Å²) in [6.45, 7) is 4.34. The van der Waals surface area contributed by atoms with E-state index in [1.54, 1.807) is 6.07 Å². The van der Waals surface area contributed by atoms with E-state index in [-0.39, 0.29) is 10.6 Å². The minimum absolute atomic E-state index is 0.0951. The zero-order valence-corrected chi connectivity index (χ0v) is 11.2. The molecule has 0 aliphatic heterocycles. The summed E-state index contributed by atoms with van der Waals surface area (Å²) >= 11 is 5.71. The van der Waals surface area contributed by atoms with Gasteiger partial charge in [-0.3, -0.25) is 0 Å². The van der Waals surface area contributed by atoms with E-state index < -0.39 is 9.05 Å². The first kappa shape index (κ1) is 13.6. The molecular weight excluding hydrogens is 271 g/mol. The smallest absolute Gasteiger partial charge is 0.265 e. The molecule has 1 aromatic carbocycles. The van der Waals surface area contributed by atoms with E-state index in [0.717, 1.165) is 0 Å². The molecule has 0 saturated carbocycles. The minimum atomic E-state index is -3.84. The number of rotatable bonds is 4. The molecule has 0 spiro atoms. The summed E-state index contributed by atoms with van der Waals surface area (Å²) in [5.74, 6) is 0.523. The van der Waals surface area contributed by atoms with Crippen molar-refractivity contribution in [1.82, 2.24) is 0 Å². The van der Waals surface area contributed by atoms with Crippen LogP contribution in [0.15, 0.2) is 23.1 Å². The summed E-state index contributed by atoms with van der Waals surface area (Å²) < 4.78 is 27.9. The summed E-state index contributed by atoms with van der Waals surface area (Å²) in [4.78, 5) is -0.0951. The lowest BCUT2D eigenvalue weighted by atomic mass is 10.2. The topological polar surface area (TPSA) is 43.4 Å². The Labute approximate surface area is 105 Å². The standard InChI is InChI=1S/C10H12Cl2O3S/c1-7(2)6-15-9-4-3-8(11)5-10(9)16(12,13)14/h3-5,7H,6H2,1-2H3. The van der Waals surface area contributed by atoms with Crippen LogP contribution in [-0.4, -0.2) is 15.0 Å². The van der Waals surface area contributed by atoms with Crippen molar-refractivity contribution in [3.05, 3.63) is 23.2 Å². The van der Waals surface area contributed by atoms with Crippen molar-refractivity contribution in [1.29, 1.82) is 0 Å². The van der Waals surface area contributed by atoms with Crippen molar-refractivity contribution in [3.8, 4) is 5.75 Å². The molecule has 3 nitrogen and oxygen atoms in total. The Morgan fingerprint density at radius 1 is 1.38 bits per heavy atom. The van der Waals surface area contributed by atoms with Gasteiger partial charge in [-0.15, -0.1) is 0 Å². The third-order valence-electron chi connectivity index (χ3n) is 1.74. The molecule has 0 unspecified atom stereocenters. The lowest BCUT2D eigenvalue weighted by molar-refractivity contribution is 0.265. The molecule has 0 saturated heterocycles. The molecule has 0 radical (unpaired) electrons. The van der Waals surface area contributed by atoms with E-state index in [0.29, 0.717) is 17.5 Å². The highest BCUT2D eigenvalue weighted by Gasteiger charge is 2.17. The summed E-state index contributed by atoms with van der Waals surface area (Å²) in [6.07, 6.45) is 0. The molecule has 0 aromatic heterocycles. The Hall–Kier alpha value is -0.450. The molecule has 16 heavy (non-hydrogen) atoms. The molecule has 6 heteroatoms. The van der Waals surface area contributed by atoms with Crippen molar-refractivity contribution in [2.75, 3.05) is 6.61 Å². The van der Waals surface area contributed by atoms with Gasteiger partial charge in [0, 0.05) is 15.7 Å². The SMILES string of the molecule is CC(C)COc1ccc(Cl)cc1S(=O)(=O)Cl. The van der Waals surface area contributed by atoms with Crippen LogP contribution < -0.4 is 4.74 Å². The maximum Gasteiger partial charge on any atom is 0.265 e. The summed E-state index contributed by atoms with van der Waals surface area (Å²) in [5.41, 5.74) is 0. The van der Waals surface area contributed by atoms with E-state index in [4.69, 9.17) is 27.0 Å². The van der Waals surface area contributed by atoms with Gasteiger partial charge in [0.2, 0.25) is 0 Å². The maximum atomic E-state index is 11.3. The van der Waals surface area contributed by atoms with E-state index in [1.165, 1.54) is 12.1 Å². The van der Waals surface area contributed by atoms with Gasteiger partial charge in [-0.2, -0.15) is 0 Å². The molecule has 0 aliphatic carbocycles.